The van der Waals surface area contributed by atoms with Gasteiger partial charge in [0.25, 0.3) is 0 Å². The molecule has 4 aromatic rings. The first-order valence-corrected chi connectivity index (χ1v) is 11.6. The number of piperidine rings is 1. The van der Waals surface area contributed by atoms with E-state index in [0.717, 1.165) is 61.4 Å². The van der Waals surface area contributed by atoms with Crippen LogP contribution in [0.15, 0.2) is 72.8 Å². The molecule has 2 N–H and O–H groups in total. The Bertz CT molecular complexity index is 1220. The number of nitrogens with zero attached hydrogens (tertiary/aromatic N) is 3. The largest absolute Gasteiger partial charge is 0.508 e. The average molecular weight is 517 g/mol. The maximum Gasteiger partial charge on any atom is 0.204 e. The second-order valence-electron chi connectivity index (χ2n) is 8.82. The van der Waals surface area contributed by atoms with E-state index in [1.54, 1.807) is 6.07 Å². The summed E-state index contributed by atoms with van der Waals surface area (Å²) in [5.41, 5.74) is 4.26. The van der Waals surface area contributed by atoms with Gasteiger partial charge in [-0.25, -0.2) is 9.37 Å². The van der Waals surface area contributed by atoms with E-state index in [-0.39, 0.29) is 30.6 Å². The highest BCUT2D eigenvalue weighted by Crippen LogP contribution is 2.24. The number of phenols is 1. The van der Waals surface area contributed by atoms with Crippen LogP contribution in [-0.4, -0.2) is 45.2 Å². The quantitative estimate of drug-likeness (QED) is 0.321. The van der Waals surface area contributed by atoms with Crippen molar-refractivity contribution in [3.63, 3.8) is 0 Å². The van der Waals surface area contributed by atoms with E-state index in [0.29, 0.717) is 18.3 Å². The SMILES string of the molecule is Cl.Cl.Oc1cccc(CCN2CCC(Nc3nc4ccccc4n3Cc3ccc(F)cc3)CC2)c1. The van der Waals surface area contributed by atoms with Crippen LogP contribution in [0.2, 0.25) is 0 Å². The van der Waals surface area contributed by atoms with Crippen molar-refractivity contribution in [3.8, 4) is 5.75 Å². The number of likely N-dealkylation sites (tertiary alicyclic amines) is 1. The number of anilines is 1. The zero-order valence-electron chi connectivity index (χ0n) is 19.4. The van der Waals surface area contributed by atoms with Gasteiger partial charge in [-0.2, -0.15) is 0 Å². The Kier molecular flexibility index (Phi) is 9.38. The lowest BCUT2D eigenvalue weighted by molar-refractivity contribution is 0.221. The van der Waals surface area contributed by atoms with E-state index >= 15 is 0 Å². The molecule has 5 rings (SSSR count). The van der Waals surface area contributed by atoms with Crippen molar-refractivity contribution < 1.29 is 9.50 Å². The number of aromatic nitrogens is 2. The van der Waals surface area contributed by atoms with Gasteiger partial charge in [0, 0.05) is 25.7 Å². The highest BCUT2D eigenvalue weighted by atomic mass is 35.5. The fourth-order valence-electron chi connectivity index (χ4n) is 4.60. The van der Waals surface area contributed by atoms with Crippen molar-refractivity contribution in [3.05, 3.63) is 89.7 Å². The zero-order valence-corrected chi connectivity index (χ0v) is 21.1. The van der Waals surface area contributed by atoms with Gasteiger partial charge in [0.2, 0.25) is 5.95 Å². The number of hydrogen-bond donors (Lipinski definition) is 2. The van der Waals surface area contributed by atoms with Gasteiger partial charge in [0.15, 0.2) is 0 Å². The van der Waals surface area contributed by atoms with Crippen molar-refractivity contribution in [2.75, 3.05) is 25.0 Å². The van der Waals surface area contributed by atoms with Gasteiger partial charge in [-0.15, -0.1) is 24.8 Å². The van der Waals surface area contributed by atoms with Crippen LogP contribution in [0.4, 0.5) is 10.3 Å². The molecule has 0 saturated carbocycles. The maximum atomic E-state index is 13.4. The van der Waals surface area contributed by atoms with E-state index in [9.17, 15) is 9.50 Å². The van der Waals surface area contributed by atoms with Gasteiger partial charge in [0.05, 0.1) is 17.6 Å². The second kappa shape index (κ2) is 12.2. The fraction of sp³-hybridized carbons (Fsp3) is 0.296. The van der Waals surface area contributed by atoms with Crippen LogP contribution < -0.4 is 5.32 Å². The summed E-state index contributed by atoms with van der Waals surface area (Å²) in [5, 5.41) is 13.3. The van der Waals surface area contributed by atoms with Crippen LogP contribution in [0.5, 0.6) is 5.75 Å². The summed E-state index contributed by atoms with van der Waals surface area (Å²) >= 11 is 0. The summed E-state index contributed by atoms with van der Waals surface area (Å²) in [6.07, 6.45) is 3.06. The summed E-state index contributed by atoms with van der Waals surface area (Å²) in [6.45, 7) is 3.72. The predicted molar refractivity (Wildman–Crippen MR) is 145 cm³/mol. The first-order chi connectivity index (χ1) is 16.1. The normalized spacial score (nSPS) is 14.3. The Balaban J connectivity index is 0.00000171. The molecule has 3 aromatic carbocycles. The zero-order chi connectivity index (χ0) is 22.6. The van der Waals surface area contributed by atoms with Gasteiger partial charge in [-0.05, 0) is 66.8 Å². The Morgan fingerprint density at radius 2 is 1.66 bits per heavy atom. The summed E-state index contributed by atoms with van der Waals surface area (Å²) < 4.78 is 15.6. The van der Waals surface area contributed by atoms with Gasteiger partial charge in [-0.1, -0.05) is 36.4 Å². The van der Waals surface area contributed by atoms with E-state index in [1.165, 1.54) is 17.7 Å². The number of rotatable bonds is 7. The molecule has 0 bridgehead atoms. The van der Waals surface area contributed by atoms with E-state index in [4.69, 9.17) is 4.98 Å². The maximum absolute atomic E-state index is 13.4. The van der Waals surface area contributed by atoms with Crippen molar-refractivity contribution in [1.82, 2.24) is 14.5 Å². The van der Waals surface area contributed by atoms with Gasteiger partial charge < -0.3 is 19.9 Å². The van der Waals surface area contributed by atoms with E-state index < -0.39 is 0 Å². The van der Waals surface area contributed by atoms with Crippen LogP contribution in [0, 0.1) is 5.82 Å². The minimum Gasteiger partial charge on any atom is -0.508 e. The third-order valence-corrected chi connectivity index (χ3v) is 6.46. The molecule has 0 radical (unpaired) electrons. The summed E-state index contributed by atoms with van der Waals surface area (Å²) in [5.74, 6) is 0.987. The highest BCUT2D eigenvalue weighted by molar-refractivity contribution is 5.85. The predicted octanol–water partition coefficient (Wildman–Crippen LogP) is 5.89. The number of benzene rings is 3. The molecule has 8 heteroatoms. The molecule has 2 heterocycles. The number of aromatic hydroxyl groups is 1. The lowest BCUT2D eigenvalue weighted by Gasteiger charge is -2.32. The molecule has 0 amide bonds. The molecule has 0 spiro atoms. The van der Waals surface area contributed by atoms with Gasteiger partial charge in [-0.3, -0.25) is 0 Å². The first kappa shape index (κ1) is 26.8. The number of fused-ring (bicyclic) bond motifs is 1. The van der Waals surface area contributed by atoms with Crippen LogP contribution in [0.3, 0.4) is 0 Å². The molecule has 186 valence electrons. The number of halogens is 3. The monoisotopic (exact) mass is 516 g/mol. The molecule has 1 saturated heterocycles. The molecule has 1 aromatic heterocycles. The highest BCUT2D eigenvalue weighted by Gasteiger charge is 2.21. The molecule has 5 nitrogen and oxygen atoms in total. The molecule has 0 aliphatic carbocycles. The van der Waals surface area contributed by atoms with E-state index in [2.05, 4.69) is 26.9 Å². The molecular formula is C27H31Cl2FN4O. The van der Waals surface area contributed by atoms with E-state index in [1.807, 2.05) is 42.5 Å². The number of nitrogens with one attached hydrogen (secondary N) is 1. The number of hydrogen-bond acceptors (Lipinski definition) is 4. The Hall–Kier alpha value is -2.80. The number of para-hydroxylation sites is 2. The fourth-order valence-corrected chi connectivity index (χ4v) is 4.60. The van der Waals surface area contributed by atoms with Crippen LogP contribution in [0.25, 0.3) is 11.0 Å². The summed E-state index contributed by atoms with van der Waals surface area (Å²) in [4.78, 5) is 7.35. The Morgan fingerprint density at radius 3 is 2.40 bits per heavy atom. The second-order valence-corrected chi connectivity index (χ2v) is 8.82. The van der Waals surface area contributed by atoms with Crippen LogP contribution in [0.1, 0.15) is 24.0 Å². The number of phenolic OH excluding ortho intramolecular Hbond substituents is 1. The van der Waals surface area contributed by atoms with Crippen molar-refractivity contribution in [1.29, 1.82) is 0 Å². The van der Waals surface area contributed by atoms with Crippen molar-refractivity contribution in [2.24, 2.45) is 0 Å². The van der Waals surface area contributed by atoms with Gasteiger partial charge >= 0.3 is 0 Å². The lowest BCUT2D eigenvalue weighted by Crippen LogP contribution is -2.40. The van der Waals surface area contributed by atoms with Gasteiger partial charge in [0.1, 0.15) is 11.6 Å². The standard InChI is InChI=1S/C27H29FN4O.2ClH/c28-22-10-8-21(9-11-22)19-32-26-7-2-1-6-25(26)30-27(32)29-23-13-16-31(17-14-23)15-12-20-4-3-5-24(33)18-20;;/h1-11,18,23,33H,12-17,19H2,(H,29,30);2*1H. The minimum absolute atomic E-state index is 0. The number of imidazole rings is 1. The Morgan fingerprint density at radius 1 is 0.914 bits per heavy atom. The third-order valence-electron chi connectivity index (χ3n) is 6.46. The molecule has 0 unspecified atom stereocenters. The first-order valence-electron chi connectivity index (χ1n) is 11.6. The van der Waals surface area contributed by atoms with Crippen LogP contribution >= 0.6 is 24.8 Å². The van der Waals surface area contributed by atoms with Crippen molar-refractivity contribution in [2.45, 2.75) is 31.8 Å². The molecule has 1 aliphatic rings. The molecule has 1 aliphatic heterocycles. The molecular weight excluding hydrogens is 486 g/mol. The van der Waals surface area contributed by atoms with Crippen LogP contribution in [-0.2, 0) is 13.0 Å². The lowest BCUT2D eigenvalue weighted by atomic mass is 10.0. The topological polar surface area (TPSA) is 53.3 Å². The molecule has 0 atom stereocenters. The summed E-state index contributed by atoms with van der Waals surface area (Å²) in [7, 11) is 0. The van der Waals surface area contributed by atoms with Crippen molar-refractivity contribution >= 4 is 41.8 Å². The average Bonchev–Trinajstić information content (AvgIpc) is 3.17. The molecule has 35 heavy (non-hydrogen) atoms. The molecule has 1 fully saturated rings. The third kappa shape index (κ3) is 6.66. The Labute approximate surface area is 217 Å². The smallest absolute Gasteiger partial charge is 0.204 e. The minimum atomic E-state index is -0.219. The summed E-state index contributed by atoms with van der Waals surface area (Å²) in [6, 6.07) is 22.7.